The number of halogens is 1. The number of hydrogen-bond acceptors (Lipinski definition) is 2. The molecule has 0 saturated carbocycles. The molecule has 0 aliphatic carbocycles. The van der Waals surface area contributed by atoms with E-state index in [1.807, 2.05) is 36.4 Å². The zero-order valence-corrected chi connectivity index (χ0v) is 13.3. The lowest BCUT2D eigenvalue weighted by atomic mass is 9.94. The van der Waals surface area contributed by atoms with Crippen LogP contribution in [0.4, 0.5) is 0 Å². The molecule has 1 atom stereocenters. The molecular formula is C18H16BrNO. The molecule has 3 aromatic rings. The first-order valence-electron chi connectivity index (χ1n) is 6.77. The van der Waals surface area contributed by atoms with Gasteiger partial charge in [0.2, 0.25) is 0 Å². The molecule has 2 nitrogen and oxygen atoms in total. The molecule has 21 heavy (non-hydrogen) atoms. The van der Waals surface area contributed by atoms with E-state index in [2.05, 4.69) is 40.2 Å². The summed E-state index contributed by atoms with van der Waals surface area (Å²) < 4.78 is 6.30. The van der Waals surface area contributed by atoms with Crippen LogP contribution in [0, 0.1) is 0 Å². The molecule has 0 fully saturated rings. The zero-order valence-electron chi connectivity index (χ0n) is 11.7. The molecular weight excluding hydrogens is 326 g/mol. The van der Waals surface area contributed by atoms with Crippen LogP contribution in [0.1, 0.15) is 17.2 Å². The van der Waals surface area contributed by atoms with Gasteiger partial charge in [-0.1, -0.05) is 58.4 Å². The van der Waals surface area contributed by atoms with E-state index >= 15 is 0 Å². The van der Waals surface area contributed by atoms with Crippen molar-refractivity contribution in [2.75, 3.05) is 7.11 Å². The maximum absolute atomic E-state index is 6.52. The first-order chi connectivity index (χ1) is 10.2. The van der Waals surface area contributed by atoms with E-state index in [0.29, 0.717) is 0 Å². The largest absolute Gasteiger partial charge is 0.497 e. The quantitative estimate of drug-likeness (QED) is 0.751. The second-order valence-electron chi connectivity index (χ2n) is 4.93. The topological polar surface area (TPSA) is 35.2 Å². The number of fused-ring (bicyclic) bond motifs is 1. The van der Waals surface area contributed by atoms with Crippen molar-refractivity contribution >= 4 is 26.7 Å². The second-order valence-corrected chi connectivity index (χ2v) is 5.79. The van der Waals surface area contributed by atoms with Gasteiger partial charge >= 0.3 is 0 Å². The monoisotopic (exact) mass is 341 g/mol. The molecule has 0 aromatic heterocycles. The van der Waals surface area contributed by atoms with Gasteiger partial charge in [0.05, 0.1) is 13.2 Å². The number of ether oxygens (including phenoxy) is 1. The minimum absolute atomic E-state index is 0.208. The molecule has 3 aromatic carbocycles. The smallest absolute Gasteiger partial charge is 0.119 e. The molecule has 0 aliphatic rings. The molecule has 3 rings (SSSR count). The van der Waals surface area contributed by atoms with Crippen molar-refractivity contribution in [1.29, 1.82) is 0 Å². The van der Waals surface area contributed by atoms with E-state index in [9.17, 15) is 0 Å². The Morgan fingerprint density at radius 1 is 0.952 bits per heavy atom. The van der Waals surface area contributed by atoms with Crippen LogP contribution in [0.25, 0.3) is 10.8 Å². The lowest BCUT2D eigenvalue weighted by Crippen LogP contribution is -2.13. The van der Waals surface area contributed by atoms with Gasteiger partial charge in [-0.25, -0.2) is 0 Å². The third kappa shape index (κ3) is 2.67. The van der Waals surface area contributed by atoms with Crippen LogP contribution in [0.5, 0.6) is 5.75 Å². The molecule has 3 heteroatoms. The fourth-order valence-electron chi connectivity index (χ4n) is 2.58. The van der Waals surface area contributed by atoms with Gasteiger partial charge in [-0.05, 0) is 40.1 Å². The highest BCUT2D eigenvalue weighted by atomic mass is 79.9. The van der Waals surface area contributed by atoms with Crippen LogP contribution in [-0.2, 0) is 0 Å². The number of hydrogen-bond donors (Lipinski definition) is 1. The van der Waals surface area contributed by atoms with Gasteiger partial charge in [0.1, 0.15) is 5.75 Å². The average molecular weight is 342 g/mol. The molecule has 1 unspecified atom stereocenters. The fourth-order valence-corrected chi connectivity index (χ4v) is 3.07. The summed E-state index contributed by atoms with van der Waals surface area (Å²) in [6.45, 7) is 0. The molecule has 106 valence electrons. The van der Waals surface area contributed by atoms with Crippen molar-refractivity contribution in [3.63, 3.8) is 0 Å². The highest BCUT2D eigenvalue weighted by molar-refractivity contribution is 9.10. The van der Waals surface area contributed by atoms with Crippen molar-refractivity contribution < 1.29 is 4.74 Å². The molecule has 0 aliphatic heterocycles. The molecule has 2 N–H and O–H groups in total. The fraction of sp³-hybridized carbons (Fsp3) is 0.111. The van der Waals surface area contributed by atoms with E-state index in [0.717, 1.165) is 21.3 Å². The first-order valence-corrected chi connectivity index (χ1v) is 7.56. The van der Waals surface area contributed by atoms with Gasteiger partial charge in [-0.3, -0.25) is 0 Å². The minimum atomic E-state index is -0.208. The van der Waals surface area contributed by atoms with Crippen LogP contribution in [-0.4, -0.2) is 7.11 Å². The van der Waals surface area contributed by atoms with Crippen molar-refractivity contribution in [2.45, 2.75) is 6.04 Å². The maximum Gasteiger partial charge on any atom is 0.119 e. The Morgan fingerprint density at radius 3 is 2.52 bits per heavy atom. The van der Waals surface area contributed by atoms with Gasteiger partial charge in [-0.15, -0.1) is 0 Å². The van der Waals surface area contributed by atoms with Crippen molar-refractivity contribution in [3.8, 4) is 5.75 Å². The summed E-state index contributed by atoms with van der Waals surface area (Å²) in [5.41, 5.74) is 8.65. The van der Waals surface area contributed by atoms with Crippen LogP contribution in [0.3, 0.4) is 0 Å². The summed E-state index contributed by atoms with van der Waals surface area (Å²) >= 11 is 3.59. The summed E-state index contributed by atoms with van der Waals surface area (Å²) in [4.78, 5) is 0. The summed E-state index contributed by atoms with van der Waals surface area (Å²) in [6, 6.07) is 20.2. The van der Waals surface area contributed by atoms with Gasteiger partial charge in [0.25, 0.3) is 0 Å². The predicted molar refractivity (Wildman–Crippen MR) is 90.7 cm³/mol. The van der Waals surface area contributed by atoms with E-state index in [1.54, 1.807) is 7.11 Å². The van der Waals surface area contributed by atoms with Gasteiger partial charge in [0, 0.05) is 4.47 Å². The normalized spacial score (nSPS) is 12.3. The van der Waals surface area contributed by atoms with E-state index in [-0.39, 0.29) is 6.04 Å². The summed E-state index contributed by atoms with van der Waals surface area (Å²) in [5, 5.41) is 2.38. The Bertz CT molecular complexity index is 780. The Hall–Kier alpha value is -1.84. The van der Waals surface area contributed by atoms with E-state index in [1.165, 1.54) is 10.8 Å². The molecule has 0 heterocycles. The molecule has 0 bridgehead atoms. The van der Waals surface area contributed by atoms with Crippen molar-refractivity contribution in [2.24, 2.45) is 5.73 Å². The average Bonchev–Trinajstić information content (AvgIpc) is 2.54. The molecule has 0 amide bonds. The number of nitrogens with two attached hydrogens (primary N) is 1. The zero-order chi connectivity index (χ0) is 14.8. The predicted octanol–water partition coefficient (Wildman–Crippen LogP) is 4.66. The number of benzene rings is 3. The Morgan fingerprint density at radius 2 is 1.71 bits per heavy atom. The standard InChI is InChI=1S/C18H16BrNO/c1-21-13-9-10-17(19)16(11-13)18(20)15-8-4-6-12-5-2-3-7-14(12)15/h2-11,18H,20H2,1H3. The van der Waals surface area contributed by atoms with Gasteiger partial charge < -0.3 is 10.5 Å². The molecule has 0 radical (unpaired) electrons. The van der Waals surface area contributed by atoms with Crippen LogP contribution < -0.4 is 10.5 Å². The van der Waals surface area contributed by atoms with E-state index in [4.69, 9.17) is 10.5 Å². The summed E-state index contributed by atoms with van der Waals surface area (Å²) in [6.07, 6.45) is 0. The highest BCUT2D eigenvalue weighted by Gasteiger charge is 2.15. The first kappa shape index (κ1) is 14.1. The van der Waals surface area contributed by atoms with Crippen LogP contribution in [0.15, 0.2) is 65.1 Å². The number of methoxy groups -OCH3 is 1. The Kier molecular flexibility index (Phi) is 3.95. The SMILES string of the molecule is COc1ccc(Br)c(C(N)c2cccc3ccccc23)c1. The lowest BCUT2D eigenvalue weighted by Gasteiger charge is -2.17. The van der Waals surface area contributed by atoms with Gasteiger partial charge in [-0.2, -0.15) is 0 Å². The van der Waals surface area contributed by atoms with Crippen LogP contribution >= 0.6 is 15.9 Å². The maximum atomic E-state index is 6.52. The highest BCUT2D eigenvalue weighted by Crippen LogP contribution is 2.33. The lowest BCUT2D eigenvalue weighted by molar-refractivity contribution is 0.414. The van der Waals surface area contributed by atoms with Crippen LogP contribution in [0.2, 0.25) is 0 Å². The minimum Gasteiger partial charge on any atom is -0.497 e. The molecule has 0 spiro atoms. The third-order valence-corrected chi connectivity index (χ3v) is 4.42. The van der Waals surface area contributed by atoms with E-state index < -0.39 is 0 Å². The second kappa shape index (κ2) is 5.88. The summed E-state index contributed by atoms with van der Waals surface area (Å²) in [5.74, 6) is 0.809. The number of rotatable bonds is 3. The van der Waals surface area contributed by atoms with Gasteiger partial charge in [0.15, 0.2) is 0 Å². The Labute approximate surface area is 132 Å². The molecule has 0 saturated heterocycles. The Balaban J connectivity index is 2.14. The summed E-state index contributed by atoms with van der Waals surface area (Å²) in [7, 11) is 1.66. The third-order valence-electron chi connectivity index (χ3n) is 3.70. The van der Waals surface area contributed by atoms with Crippen molar-refractivity contribution in [1.82, 2.24) is 0 Å². The van der Waals surface area contributed by atoms with Crippen molar-refractivity contribution in [3.05, 3.63) is 76.3 Å².